The van der Waals surface area contributed by atoms with Crippen LogP contribution in [0.3, 0.4) is 0 Å². The molecule has 1 amide bonds. The fourth-order valence-electron chi connectivity index (χ4n) is 3.94. The number of nitrogens with one attached hydrogen (secondary N) is 2. The number of sulfonamides is 1. The number of amides is 1. The molecule has 2 aliphatic rings. The van der Waals surface area contributed by atoms with E-state index in [0.29, 0.717) is 30.0 Å². The Morgan fingerprint density at radius 1 is 0.969 bits per heavy atom. The van der Waals surface area contributed by atoms with E-state index in [4.69, 9.17) is 0 Å². The van der Waals surface area contributed by atoms with Crippen LogP contribution in [0.15, 0.2) is 47.4 Å². The van der Waals surface area contributed by atoms with Crippen molar-refractivity contribution in [3.05, 3.63) is 53.8 Å². The zero-order valence-corrected chi connectivity index (χ0v) is 18.9. The van der Waals surface area contributed by atoms with Gasteiger partial charge in [0.15, 0.2) is 0 Å². The van der Waals surface area contributed by atoms with Gasteiger partial charge in [-0.15, -0.1) is 0 Å². The highest BCUT2D eigenvalue weighted by molar-refractivity contribution is 7.92. The van der Waals surface area contributed by atoms with Crippen LogP contribution in [-0.4, -0.2) is 83.5 Å². The number of likely N-dealkylation sites (N-methyl/N-ethyl adjacent to an activating group) is 1. The summed E-state index contributed by atoms with van der Waals surface area (Å²) in [6.45, 7) is 5.87. The molecule has 0 atom stereocenters. The van der Waals surface area contributed by atoms with Crippen molar-refractivity contribution in [3.8, 4) is 0 Å². The first-order valence-electron chi connectivity index (χ1n) is 10.7. The molecule has 10 heteroatoms. The number of hydrogen-bond acceptors (Lipinski definition) is 6. The van der Waals surface area contributed by atoms with Gasteiger partial charge in [0.1, 0.15) is 5.82 Å². The molecule has 2 fully saturated rings. The number of benzene rings is 2. The molecule has 172 valence electrons. The molecule has 8 nitrogen and oxygen atoms in total. The predicted octanol–water partition coefficient (Wildman–Crippen LogP) is 1.42. The molecular weight excluding hydrogens is 433 g/mol. The van der Waals surface area contributed by atoms with Crippen LogP contribution in [0.25, 0.3) is 0 Å². The van der Waals surface area contributed by atoms with Crippen LogP contribution in [0.5, 0.6) is 0 Å². The molecule has 2 heterocycles. The fourth-order valence-corrected chi connectivity index (χ4v) is 5.01. The van der Waals surface area contributed by atoms with Gasteiger partial charge in [-0.1, -0.05) is 0 Å². The van der Waals surface area contributed by atoms with E-state index < -0.39 is 15.8 Å². The minimum Gasteiger partial charge on any atom is -0.367 e. The van der Waals surface area contributed by atoms with Gasteiger partial charge in [0, 0.05) is 57.9 Å². The molecule has 2 aliphatic heterocycles. The summed E-state index contributed by atoms with van der Waals surface area (Å²) >= 11 is 0. The lowest BCUT2D eigenvalue weighted by Crippen LogP contribution is -2.47. The van der Waals surface area contributed by atoms with E-state index >= 15 is 0 Å². The van der Waals surface area contributed by atoms with E-state index in [0.717, 1.165) is 51.4 Å². The quantitative estimate of drug-likeness (QED) is 0.701. The van der Waals surface area contributed by atoms with Crippen LogP contribution in [0, 0.1) is 5.82 Å². The highest BCUT2D eigenvalue weighted by Crippen LogP contribution is 2.30. The summed E-state index contributed by atoms with van der Waals surface area (Å²) in [4.78, 5) is 19.1. The lowest BCUT2D eigenvalue weighted by molar-refractivity contribution is 0.0664. The summed E-state index contributed by atoms with van der Waals surface area (Å²) in [5, 5.41) is 3.28. The predicted molar refractivity (Wildman–Crippen MR) is 122 cm³/mol. The summed E-state index contributed by atoms with van der Waals surface area (Å²) in [5.41, 5.74) is 1.49. The molecule has 2 aromatic carbocycles. The van der Waals surface area contributed by atoms with Crippen LogP contribution in [0.1, 0.15) is 10.4 Å². The van der Waals surface area contributed by atoms with Crippen LogP contribution < -0.4 is 14.9 Å². The van der Waals surface area contributed by atoms with E-state index in [1.165, 1.54) is 12.1 Å². The van der Waals surface area contributed by atoms with Crippen LogP contribution in [0.4, 0.5) is 15.8 Å². The molecule has 0 saturated carbocycles. The third kappa shape index (κ3) is 5.03. The van der Waals surface area contributed by atoms with Gasteiger partial charge in [-0.05, 0) is 49.5 Å². The molecule has 0 aliphatic carbocycles. The SMILES string of the molecule is CN1CCN(C(=O)c2ccc(N3CCNCC3)c(NS(=O)(=O)c3ccc(F)cc3)c2)CC1. The zero-order valence-electron chi connectivity index (χ0n) is 18.1. The van der Waals surface area contributed by atoms with Gasteiger partial charge in [-0.25, -0.2) is 12.8 Å². The Hall–Kier alpha value is -2.69. The minimum absolute atomic E-state index is 0.0408. The normalized spacial score (nSPS) is 17.9. The van der Waals surface area contributed by atoms with Crippen molar-refractivity contribution in [2.45, 2.75) is 4.90 Å². The molecule has 0 radical (unpaired) electrons. The third-order valence-electron chi connectivity index (χ3n) is 5.86. The van der Waals surface area contributed by atoms with Crippen LogP contribution in [0.2, 0.25) is 0 Å². The average molecular weight is 462 g/mol. The maximum atomic E-state index is 13.3. The van der Waals surface area contributed by atoms with Gasteiger partial charge in [0.05, 0.1) is 16.3 Å². The number of hydrogen-bond donors (Lipinski definition) is 2. The molecule has 0 spiro atoms. The van der Waals surface area contributed by atoms with Gasteiger partial charge in [0.25, 0.3) is 15.9 Å². The largest absolute Gasteiger partial charge is 0.367 e. The second kappa shape index (κ2) is 9.43. The molecular formula is C22H28FN5O3S. The smallest absolute Gasteiger partial charge is 0.261 e. The first-order chi connectivity index (χ1) is 15.3. The Kier molecular flexibility index (Phi) is 6.63. The minimum atomic E-state index is -3.96. The first kappa shape index (κ1) is 22.5. The van der Waals surface area contributed by atoms with E-state index in [9.17, 15) is 17.6 Å². The van der Waals surface area contributed by atoms with Crippen molar-refractivity contribution in [1.82, 2.24) is 15.1 Å². The molecule has 0 bridgehead atoms. The second-order valence-corrected chi connectivity index (χ2v) is 9.81. The van der Waals surface area contributed by atoms with E-state index in [1.54, 1.807) is 23.1 Å². The Morgan fingerprint density at radius 3 is 2.28 bits per heavy atom. The number of piperazine rings is 2. The molecule has 2 saturated heterocycles. The number of carbonyl (C=O) groups is 1. The standard InChI is InChI=1S/C22H28FN5O3S/c1-26-12-14-28(15-13-26)22(29)17-2-7-21(27-10-8-24-9-11-27)20(16-17)25-32(30,31)19-5-3-18(23)4-6-19/h2-7,16,24-25H,8-15H2,1H3. The summed E-state index contributed by atoms with van der Waals surface area (Å²) in [6.07, 6.45) is 0. The number of nitrogens with zero attached hydrogens (tertiary/aromatic N) is 3. The lowest BCUT2D eigenvalue weighted by Gasteiger charge is -2.33. The highest BCUT2D eigenvalue weighted by atomic mass is 32.2. The van der Waals surface area contributed by atoms with Gasteiger partial charge in [0.2, 0.25) is 0 Å². The van der Waals surface area contributed by atoms with Gasteiger partial charge >= 0.3 is 0 Å². The number of anilines is 2. The Morgan fingerprint density at radius 2 is 1.62 bits per heavy atom. The molecule has 0 unspecified atom stereocenters. The van der Waals surface area contributed by atoms with Crippen molar-refractivity contribution < 1.29 is 17.6 Å². The van der Waals surface area contributed by atoms with Crippen LogP contribution in [-0.2, 0) is 10.0 Å². The van der Waals surface area contributed by atoms with Crippen molar-refractivity contribution in [1.29, 1.82) is 0 Å². The monoisotopic (exact) mass is 461 g/mol. The molecule has 2 aromatic rings. The van der Waals surface area contributed by atoms with Crippen molar-refractivity contribution >= 4 is 27.3 Å². The van der Waals surface area contributed by atoms with E-state index in [1.807, 2.05) is 7.05 Å². The summed E-state index contributed by atoms with van der Waals surface area (Å²) in [7, 11) is -1.94. The topological polar surface area (TPSA) is 85.0 Å². The van der Waals surface area contributed by atoms with Gasteiger partial charge in [-0.2, -0.15) is 0 Å². The number of halogens is 1. The fraction of sp³-hybridized carbons (Fsp3) is 0.409. The zero-order chi connectivity index (χ0) is 22.7. The van der Waals surface area contributed by atoms with E-state index in [-0.39, 0.29) is 10.8 Å². The molecule has 4 rings (SSSR count). The maximum absolute atomic E-state index is 13.3. The molecule has 2 N–H and O–H groups in total. The van der Waals surface area contributed by atoms with Gasteiger partial charge in [-0.3, -0.25) is 9.52 Å². The summed E-state index contributed by atoms with van der Waals surface area (Å²) in [5.74, 6) is -0.627. The molecule has 32 heavy (non-hydrogen) atoms. The van der Waals surface area contributed by atoms with Gasteiger partial charge < -0.3 is 20.0 Å². The molecule has 0 aromatic heterocycles. The summed E-state index contributed by atoms with van der Waals surface area (Å²) < 4.78 is 41.9. The Balaban J connectivity index is 1.66. The first-order valence-corrected chi connectivity index (χ1v) is 12.2. The van der Waals surface area contributed by atoms with E-state index in [2.05, 4.69) is 19.8 Å². The Labute approximate surface area is 188 Å². The Bertz CT molecular complexity index is 1060. The lowest BCUT2D eigenvalue weighted by atomic mass is 10.1. The van der Waals surface area contributed by atoms with Crippen molar-refractivity contribution in [3.63, 3.8) is 0 Å². The number of rotatable bonds is 5. The summed E-state index contributed by atoms with van der Waals surface area (Å²) in [6, 6.07) is 9.84. The number of carbonyl (C=O) groups excluding carboxylic acids is 1. The van der Waals surface area contributed by atoms with Crippen LogP contribution >= 0.6 is 0 Å². The van der Waals surface area contributed by atoms with Crippen molar-refractivity contribution in [2.75, 3.05) is 69.0 Å². The van der Waals surface area contributed by atoms with Crippen molar-refractivity contribution in [2.24, 2.45) is 0 Å². The second-order valence-electron chi connectivity index (χ2n) is 8.12. The third-order valence-corrected chi connectivity index (χ3v) is 7.24. The average Bonchev–Trinajstić information content (AvgIpc) is 2.80. The maximum Gasteiger partial charge on any atom is 0.261 e. The highest BCUT2D eigenvalue weighted by Gasteiger charge is 2.24.